The van der Waals surface area contributed by atoms with E-state index in [4.69, 9.17) is 11.6 Å². The normalized spacial score (nSPS) is 23.7. The van der Waals surface area contributed by atoms with Crippen LogP contribution in [0.5, 0.6) is 0 Å². The second-order valence-electron chi connectivity index (χ2n) is 6.91. The minimum Gasteiger partial charge on any atom is -0.347 e. The third kappa shape index (κ3) is 3.27. The van der Waals surface area contributed by atoms with Crippen LogP contribution in [0.15, 0.2) is 54.6 Å². The van der Waals surface area contributed by atoms with E-state index in [1.165, 1.54) is 0 Å². The molecule has 3 amide bonds. The molecule has 134 valence electrons. The summed E-state index contributed by atoms with van der Waals surface area (Å²) in [6.07, 6.45) is 1.84. The van der Waals surface area contributed by atoms with Gasteiger partial charge in [0, 0.05) is 18.2 Å². The summed E-state index contributed by atoms with van der Waals surface area (Å²) in [6.45, 7) is 0.721. The van der Waals surface area contributed by atoms with E-state index in [0.717, 1.165) is 19.4 Å². The highest BCUT2D eigenvalue weighted by molar-refractivity contribution is 6.33. The van der Waals surface area contributed by atoms with Gasteiger partial charge in [-0.3, -0.25) is 4.79 Å². The Morgan fingerprint density at radius 1 is 1.00 bits per heavy atom. The van der Waals surface area contributed by atoms with E-state index in [2.05, 4.69) is 10.6 Å². The van der Waals surface area contributed by atoms with Crippen LogP contribution >= 0.6 is 11.6 Å². The molecule has 1 heterocycles. The Morgan fingerprint density at radius 2 is 1.73 bits per heavy atom. The predicted octanol–water partition coefficient (Wildman–Crippen LogP) is 3.76. The number of para-hydroxylation sites is 1. The van der Waals surface area contributed by atoms with Crippen LogP contribution < -0.4 is 10.6 Å². The number of urea groups is 1. The first-order chi connectivity index (χ1) is 12.6. The number of piperidine rings is 1. The number of likely N-dealkylation sites (tertiary alicyclic amines) is 1. The lowest BCUT2D eigenvalue weighted by Crippen LogP contribution is -2.53. The zero-order valence-electron chi connectivity index (χ0n) is 14.2. The van der Waals surface area contributed by atoms with Crippen molar-refractivity contribution in [1.82, 2.24) is 10.2 Å². The van der Waals surface area contributed by atoms with Crippen LogP contribution in [0.1, 0.15) is 23.2 Å². The molecule has 0 aromatic heterocycles. The van der Waals surface area contributed by atoms with Crippen LogP contribution in [0.4, 0.5) is 10.5 Å². The fourth-order valence-corrected chi connectivity index (χ4v) is 4.19. The third-order valence-electron chi connectivity index (χ3n) is 5.21. The number of amides is 3. The Morgan fingerprint density at radius 3 is 2.46 bits per heavy atom. The van der Waals surface area contributed by atoms with Gasteiger partial charge in [0.2, 0.25) is 0 Å². The third-order valence-corrected chi connectivity index (χ3v) is 5.54. The van der Waals surface area contributed by atoms with Gasteiger partial charge in [0.05, 0.1) is 16.8 Å². The van der Waals surface area contributed by atoms with Crippen LogP contribution in [0.3, 0.4) is 0 Å². The monoisotopic (exact) mass is 369 g/mol. The second-order valence-corrected chi connectivity index (χ2v) is 7.32. The first-order valence-corrected chi connectivity index (χ1v) is 9.17. The summed E-state index contributed by atoms with van der Waals surface area (Å²) in [5.41, 5.74) is 1.24. The molecule has 1 saturated heterocycles. The summed E-state index contributed by atoms with van der Waals surface area (Å²) in [5.74, 6) is 0.340. The van der Waals surface area contributed by atoms with E-state index >= 15 is 0 Å². The maximum atomic E-state index is 12.7. The number of hydrogen-bond acceptors (Lipinski definition) is 2. The number of rotatable bonds is 3. The number of carbonyl (C=O) groups is 2. The van der Waals surface area contributed by atoms with Gasteiger partial charge in [-0.05, 0) is 43.0 Å². The molecule has 26 heavy (non-hydrogen) atoms. The molecule has 1 saturated carbocycles. The second kappa shape index (κ2) is 7.00. The molecule has 2 N–H and O–H groups in total. The highest BCUT2D eigenvalue weighted by atomic mass is 35.5. The standard InChI is InChI=1S/C20H20ClN3O2/c21-15-8-4-5-9-16(15)23-20(26)24-12-13-10-17(18(24)11-13)22-19(25)14-6-2-1-3-7-14/h1-9,13,17-18H,10-12H2,(H,22,25)(H,23,26)/t13-,17+,18-/m1/s1. The van der Waals surface area contributed by atoms with Crippen molar-refractivity contribution in [2.45, 2.75) is 24.9 Å². The van der Waals surface area contributed by atoms with Gasteiger partial charge in [-0.25, -0.2) is 4.79 Å². The number of hydrogen-bond donors (Lipinski definition) is 2. The van der Waals surface area contributed by atoms with Crippen molar-refractivity contribution in [3.63, 3.8) is 0 Å². The Bertz CT molecular complexity index is 827. The molecule has 6 heteroatoms. The largest absolute Gasteiger partial charge is 0.347 e. The molecule has 1 aliphatic carbocycles. The Labute approximate surface area is 157 Å². The van der Waals surface area contributed by atoms with Crippen molar-refractivity contribution >= 4 is 29.2 Å². The quantitative estimate of drug-likeness (QED) is 0.865. The maximum Gasteiger partial charge on any atom is 0.322 e. The number of nitrogens with one attached hydrogen (secondary N) is 2. The molecule has 5 nitrogen and oxygen atoms in total. The minimum atomic E-state index is -0.163. The van der Waals surface area contributed by atoms with Crippen LogP contribution in [0.25, 0.3) is 0 Å². The zero-order chi connectivity index (χ0) is 18.1. The molecular weight excluding hydrogens is 350 g/mol. The smallest absolute Gasteiger partial charge is 0.322 e. The molecule has 2 fully saturated rings. The van der Waals surface area contributed by atoms with Crippen LogP contribution in [-0.2, 0) is 0 Å². The van der Waals surface area contributed by atoms with Crippen LogP contribution in [0.2, 0.25) is 5.02 Å². The highest BCUT2D eigenvalue weighted by Crippen LogP contribution is 2.38. The predicted molar refractivity (Wildman–Crippen MR) is 101 cm³/mol. The zero-order valence-corrected chi connectivity index (χ0v) is 14.9. The molecule has 0 radical (unpaired) electrons. The minimum absolute atomic E-state index is 0.0153. The van der Waals surface area contributed by atoms with E-state index in [9.17, 15) is 9.59 Å². The van der Waals surface area contributed by atoms with Crippen molar-refractivity contribution in [2.75, 3.05) is 11.9 Å². The van der Waals surface area contributed by atoms with Gasteiger partial charge in [0.1, 0.15) is 0 Å². The summed E-state index contributed by atoms with van der Waals surface area (Å²) < 4.78 is 0. The number of fused-ring (bicyclic) bond motifs is 2. The molecule has 0 unspecified atom stereocenters. The number of anilines is 1. The molecule has 1 aliphatic heterocycles. The van der Waals surface area contributed by atoms with Gasteiger partial charge in [0.25, 0.3) is 5.91 Å². The van der Waals surface area contributed by atoms with E-state index in [1.54, 1.807) is 24.3 Å². The summed E-state index contributed by atoms with van der Waals surface area (Å²) >= 11 is 6.13. The summed E-state index contributed by atoms with van der Waals surface area (Å²) in [4.78, 5) is 27.0. The van der Waals surface area contributed by atoms with Gasteiger partial charge in [-0.15, -0.1) is 0 Å². The Hall–Kier alpha value is -2.53. The molecular formula is C20H20ClN3O2. The Balaban J connectivity index is 1.43. The van der Waals surface area contributed by atoms with Crippen molar-refractivity contribution in [3.8, 4) is 0 Å². The number of halogens is 1. The maximum absolute atomic E-state index is 12.7. The van der Waals surface area contributed by atoms with Gasteiger partial charge in [-0.1, -0.05) is 41.9 Å². The van der Waals surface area contributed by atoms with E-state index < -0.39 is 0 Å². The fraction of sp³-hybridized carbons (Fsp3) is 0.300. The lowest BCUT2D eigenvalue weighted by Gasteiger charge is -2.33. The fourth-order valence-electron chi connectivity index (χ4n) is 4.00. The average molecular weight is 370 g/mol. The van der Waals surface area contributed by atoms with Crippen molar-refractivity contribution in [2.24, 2.45) is 5.92 Å². The first kappa shape index (κ1) is 16.9. The summed E-state index contributed by atoms with van der Waals surface area (Å²) in [5, 5.41) is 6.50. The number of carbonyl (C=O) groups excluding carboxylic acids is 2. The average Bonchev–Trinajstić information content (AvgIpc) is 3.25. The molecule has 2 aromatic carbocycles. The number of nitrogens with zero attached hydrogens (tertiary/aromatic N) is 1. The molecule has 3 atom stereocenters. The SMILES string of the molecule is O=C(N[C@H]1C[C@@H]2C[C@H]1N(C(=O)Nc1ccccc1Cl)C2)c1ccccc1. The number of benzene rings is 2. The lowest BCUT2D eigenvalue weighted by molar-refractivity contribution is 0.0906. The van der Waals surface area contributed by atoms with Gasteiger partial charge < -0.3 is 15.5 Å². The summed E-state index contributed by atoms with van der Waals surface area (Å²) in [7, 11) is 0. The molecule has 2 aromatic rings. The molecule has 0 spiro atoms. The van der Waals surface area contributed by atoms with E-state index in [-0.39, 0.29) is 24.0 Å². The lowest BCUT2D eigenvalue weighted by atomic mass is 10.1. The molecule has 4 rings (SSSR count). The Kier molecular flexibility index (Phi) is 4.55. The van der Waals surface area contributed by atoms with Crippen molar-refractivity contribution < 1.29 is 9.59 Å². The van der Waals surface area contributed by atoms with Gasteiger partial charge >= 0.3 is 6.03 Å². The molecule has 2 aliphatic rings. The molecule has 2 bridgehead atoms. The van der Waals surface area contributed by atoms with Crippen LogP contribution in [0, 0.1) is 5.92 Å². The summed E-state index contributed by atoms with van der Waals surface area (Å²) in [6, 6.07) is 16.2. The van der Waals surface area contributed by atoms with E-state index in [1.807, 2.05) is 35.2 Å². The van der Waals surface area contributed by atoms with Crippen LogP contribution in [-0.4, -0.2) is 35.5 Å². The topological polar surface area (TPSA) is 61.4 Å². The van der Waals surface area contributed by atoms with Gasteiger partial charge in [-0.2, -0.15) is 0 Å². The van der Waals surface area contributed by atoms with E-state index in [0.29, 0.717) is 22.2 Å². The highest BCUT2D eigenvalue weighted by Gasteiger charge is 2.47. The first-order valence-electron chi connectivity index (χ1n) is 8.80. The van der Waals surface area contributed by atoms with Crippen molar-refractivity contribution in [3.05, 3.63) is 65.2 Å². The van der Waals surface area contributed by atoms with Crippen molar-refractivity contribution in [1.29, 1.82) is 0 Å². The van der Waals surface area contributed by atoms with Gasteiger partial charge in [0.15, 0.2) is 0 Å².